The van der Waals surface area contributed by atoms with Gasteiger partial charge in [0.1, 0.15) is 16.7 Å². The first-order valence-electron chi connectivity index (χ1n) is 13.3. The molecule has 4 rings (SSSR count). The molecule has 2 heterocycles. The van der Waals surface area contributed by atoms with Gasteiger partial charge in [0, 0.05) is 24.3 Å². The number of fused-ring (bicyclic) bond motifs is 1. The maximum Gasteiger partial charge on any atom is 0.247 e. The van der Waals surface area contributed by atoms with E-state index in [2.05, 4.69) is 11.8 Å². The highest BCUT2D eigenvalue weighted by atomic mass is 32.2. The molecule has 36 heavy (non-hydrogen) atoms. The number of anilines is 1. The monoisotopic (exact) mass is 516 g/mol. The molecule has 0 saturated carbocycles. The molecule has 7 nitrogen and oxygen atoms in total. The first kappa shape index (κ1) is 26.9. The number of hydrogen-bond acceptors (Lipinski definition) is 6. The van der Waals surface area contributed by atoms with Crippen molar-refractivity contribution in [2.75, 3.05) is 31.2 Å². The molecule has 0 radical (unpaired) electrons. The molecule has 2 aromatic carbocycles. The number of ether oxygens (including phenoxy) is 2. The fraction of sp³-hybridized carbons (Fsp3) is 0.571. The number of sulfonamides is 1. The van der Waals surface area contributed by atoms with Crippen LogP contribution < -0.4 is 9.64 Å². The molecular formula is C28H40N2O5S. The molecule has 8 heteroatoms. The Bertz CT molecular complexity index is 1080. The van der Waals surface area contributed by atoms with E-state index >= 15 is 0 Å². The highest BCUT2D eigenvalue weighted by Crippen LogP contribution is 2.37. The molecule has 0 amide bonds. The highest BCUT2D eigenvalue weighted by molar-refractivity contribution is 7.89. The van der Waals surface area contributed by atoms with Gasteiger partial charge in [-0.2, -0.15) is 4.31 Å². The van der Waals surface area contributed by atoms with Crippen LogP contribution in [0.1, 0.15) is 57.9 Å². The summed E-state index contributed by atoms with van der Waals surface area (Å²) < 4.78 is 41.7. The van der Waals surface area contributed by atoms with Crippen molar-refractivity contribution < 1.29 is 23.0 Å². The molecule has 198 valence electrons. The zero-order chi connectivity index (χ0) is 25.5. The van der Waals surface area contributed by atoms with E-state index < -0.39 is 16.1 Å². The van der Waals surface area contributed by atoms with Crippen LogP contribution in [0.3, 0.4) is 0 Å². The normalized spacial score (nSPS) is 22.6. The smallest absolute Gasteiger partial charge is 0.247 e. The van der Waals surface area contributed by atoms with Crippen molar-refractivity contribution in [3.8, 4) is 5.75 Å². The Morgan fingerprint density at radius 1 is 1.17 bits per heavy atom. The summed E-state index contributed by atoms with van der Waals surface area (Å²) in [7, 11) is -3.74. The van der Waals surface area contributed by atoms with Gasteiger partial charge in [-0.1, -0.05) is 56.5 Å². The number of unbranched alkanes of at least 4 members (excludes halogenated alkanes) is 2. The summed E-state index contributed by atoms with van der Waals surface area (Å²) in [5.74, 6) is 0.368. The molecule has 1 N–H and O–H groups in total. The van der Waals surface area contributed by atoms with Crippen molar-refractivity contribution >= 4 is 15.7 Å². The second-order valence-corrected chi connectivity index (χ2v) is 11.8. The SMILES string of the molecule is CCCCC[C@H](C)N1C[C@H](COCc2ccccc2)Oc2cc(N3CCC[C@H]3CO)ccc2S1(=O)=O. The second-order valence-electron chi connectivity index (χ2n) is 9.96. The molecule has 3 atom stereocenters. The van der Waals surface area contributed by atoms with Gasteiger partial charge in [-0.3, -0.25) is 0 Å². The molecular weight excluding hydrogens is 476 g/mol. The zero-order valence-corrected chi connectivity index (χ0v) is 22.3. The molecule has 2 aliphatic heterocycles. The Morgan fingerprint density at radius 3 is 2.72 bits per heavy atom. The van der Waals surface area contributed by atoms with Crippen LogP contribution >= 0.6 is 0 Å². The molecule has 0 aliphatic carbocycles. The van der Waals surface area contributed by atoms with Crippen LogP contribution in [0.25, 0.3) is 0 Å². The van der Waals surface area contributed by atoms with Crippen molar-refractivity contribution in [3.63, 3.8) is 0 Å². The summed E-state index contributed by atoms with van der Waals surface area (Å²) in [6.45, 7) is 6.03. The molecule has 1 fully saturated rings. The van der Waals surface area contributed by atoms with Crippen molar-refractivity contribution in [1.82, 2.24) is 4.31 Å². The predicted molar refractivity (Wildman–Crippen MR) is 142 cm³/mol. The number of hydrogen-bond donors (Lipinski definition) is 1. The first-order chi connectivity index (χ1) is 17.4. The lowest BCUT2D eigenvalue weighted by Crippen LogP contribution is -2.44. The van der Waals surface area contributed by atoms with Gasteiger partial charge in [-0.05, 0) is 43.9 Å². The average molecular weight is 517 g/mol. The topological polar surface area (TPSA) is 79.3 Å². The van der Waals surface area contributed by atoms with E-state index in [0.717, 1.165) is 56.3 Å². The zero-order valence-electron chi connectivity index (χ0n) is 21.5. The lowest BCUT2D eigenvalue weighted by atomic mass is 10.1. The minimum atomic E-state index is -3.74. The summed E-state index contributed by atoms with van der Waals surface area (Å²) in [6.07, 6.45) is 5.47. The van der Waals surface area contributed by atoms with Gasteiger partial charge in [-0.15, -0.1) is 0 Å². The Balaban J connectivity index is 1.60. The Kier molecular flexibility index (Phi) is 9.28. The van der Waals surface area contributed by atoms with Gasteiger partial charge in [0.2, 0.25) is 10.0 Å². The molecule has 0 aromatic heterocycles. The third kappa shape index (κ3) is 6.22. The molecule has 1 saturated heterocycles. The molecule has 0 bridgehead atoms. The minimum absolute atomic E-state index is 0.0468. The van der Waals surface area contributed by atoms with Crippen molar-refractivity contribution in [1.29, 1.82) is 0 Å². The van der Waals surface area contributed by atoms with Crippen LogP contribution in [0.5, 0.6) is 5.75 Å². The fourth-order valence-corrected chi connectivity index (χ4v) is 7.00. The van der Waals surface area contributed by atoms with Crippen molar-refractivity contribution in [2.45, 2.75) is 82.1 Å². The van der Waals surface area contributed by atoms with E-state index in [4.69, 9.17) is 9.47 Å². The number of benzene rings is 2. The van der Waals surface area contributed by atoms with Crippen LogP contribution in [0.4, 0.5) is 5.69 Å². The molecule has 2 aliphatic rings. The Hall–Kier alpha value is -2.13. The summed E-state index contributed by atoms with van der Waals surface area (Å²) >= 11 is 0. The lowest BCUT2D eigenvalue weighted by Gasteiger charge is -2.28. The maximum atomic E-state index is 13.8. The molecule has 2 aromatic rings. The minimum Gasteiger partial charge on any atom is -0.485 e. The van der Waals surface area contributed by atoms with Crippen LogP contribution in [-0.4, -0.2) is 62.3 Å². The summed E-state index contributed by atoms with van der Waals surface area (Å²) in [4.78, 5) is 2.35. The van der Waals surface area contributed by atoms with Crippen LogP contribution in [0, 0.1) is 0 Å². The van der Waals surface area contributed by atoms with E-state index in [1.165, 1.54) is 0 Å². The third-order valence-corrected chi connectivity index (χ3v) is 9.26. The van der Waals surface area contributed by atoms with Crippen molar-refractivity contribution in [3.05, 3.63) is 54.1 Å². The predicted octanol–water partition coefficient (Wildman–Crippen LogP) is 4.59. The quantitative estimate of drug-likeness (QED) is 0.440. The third-order valence-electron chi connectivity index (χ3n) is 7.24. The van der Waals surface area contributed by atoms with E-state index in [1.807, 2.05) is 49.4 Å². The Labute approximate surface area is 216 Å². The number of rotatable bonds is 11. The van der Waals surface area contributed by atoms with E-state index in [-0.39, 0.29) is 36.7 Å². The lowest BCUT2D eigenvalue weighted by molar-refractivity contribution is 0.0310. The highest BCUT2D eigenvalue weighted by Gasteiger charge is 2.38. The van der Waals surface area contributed by atoms with Crippen molar-refractivity contribution in [2.24, 2.45) is 0 Å². The number of aliphatic hydroxyl groups is 1. The maximum absolute atomic E-state index is 13.8. The van der Waals surface area contributed by atoms with Gasteiger partial charge in [-0.25, -0.2) is 8.42 Å². The van der Waals surface area contributed by atoms with E-state index in [9.17, 15) is 13.5 Å². The largest absolute Gasteiger partial charge is 0.485 e. The van der Waals surface area contributed by atoms with Gasteiger partial charge >= 0.3 is 0 Å². The Morgan fingerprint density at radius 2 is 1.97 bits per heavy atom. The molecule has 0 unspecified atom stereocenters. The van der Waals surface area contributed by atoms with E-state index in [1.54, 1.807) is 10.4 Å². The van der Waals surface area contributed by atoms with Gasteiger partial charge in [0.25, 0.3) is 0 Å². The molecule has 0 spiro atoms. The number of aliphatic hydroxyl groups excluding tert-OH is 1. The summed E-state index contributed by atoms with van der Waals surface area (Å²) in [5, 5.41) is 9.79. The van der Waals surface area contributed by atoms with Crippen LogP contribution in [0.2, 0.25) is 0 Å². The van der Waals surface area contributed by atoms with Gasteiger partial charge in [0.05, 0.1) is 32.4 Å². The van der Waals surface area contributed by atoms with Gasteiger partial charge in [0.15, 0.2) is 0 Å². The van der Waals surface area contributed by atoms with Crippen LogP contribution in [0.15, 0.2) is 53.4 Å². The first-order valence-corrected chi connectivity index (χ1v) is 14.7. The fourth-order valence-electron chi connectivity index (χ4n) is 5.21. The number of nitrogens with zero attached hydrogens (tertiary/aromatic N) is 2. The average Bonchev–Trinajstić information content (AvgIpc) is 3.32. The second kappa shape index (κ2) is 12.4. The summed E-state index contributed by atoms with van der Waals surface area (Å²) in [6, 6.07) is 15.2. The standard InChI is InChI=1S/C28H40N2O5S/c1-3-4-6-10-22(2)30-18-26(21-34-20-23-11-7-5-8-12-23)35-27-17-24(14-15-28(27)36(30,32)33)29-16-9-13-25(29)19-31/h5,7-8,11-12,14-15,17,22,25-26,31H,3-4,6,9-10,13,16,18-21H2,1-2H3/t22-,25-,26+/m0/s1. The van der Waals surface area contributed by atoms with E-state index in [0.29, 0.717) is 12.4 Å². The van der Waals surface area contributed by atoms with Crippen LogP contribution in [-0.2, 0) is 21.4 Å². The van der Waals surface area contributed by atoms with Gasteiger partial charge < -0.3 is 19.5 Å². The summed E-state index contributed by atoms with van der Waals surface area (Å²) in [5.41, 5.74) is 1.95.